The van der Waals surface area contributed by atoms with Crippen LogP contribution in [0.15, 0.2) is 0 Å². The van der Waals surface area contributed by atoms with Crippen molar-refractivity contribution in [3.8, 4) is 0 Å². The molecule has 0 aromatic carbocycles. The first-order valence-electron chi connectivity index (χ1n) is 7.74. The molecule has 1 N–H and O–H groups in total. The summed E-state index contributed by atoms with van der Waals surface area (Å²) >= 11 is 0. The van der Waals surface area contributed by atoms with Crippen molar-refractivity contribution >= 4 is 5.91 Å². The highest BCUT2D eigenvalue weighted by atomic mass is 16.5. The third-order valence-corrected chi connectivity index (χ3v) is 4.35. The summed E-state index contributed by atoms with van der Waals surface area (Å²) in [6.45, 7) is 9.90. The average molecular weight is 268 g/mol. The molecule has 2 rings (SSSR count). The molecule has 0 bridgehead atoms. The first-order valence-corrected chi connectivity index (χ1v) is 7.74. The second-order valence-corrected chi connectivity index (χ2v) is 6.21. The van der Waals surface area contributed by atoms with Crippen molar-refractivity contribution in [2.75, 3.05) is 13.2 Å². The molecule has 1 saturated heterocycles. The molecule has 1 aliphatic carbocycles. The lowest BCUT2D eigenvalue weighted by atomic mass is 10.0. The lowest BCUT2D eigenvalue weighted by Crippen LogP contribution is -2.49. The molecule has 2 fully saturated rings. The molecular formula is C15H28N2O2. The fraction of sp³-hybridized carbons (Fsp3) is 0.933. The van der Waals surface area contributed by atoms with Gasteiger partial charge in [0, 0.05) is 6.61 Å². The summed E-state index contributed by atoms with van der Waals surface area (Å²) in [5.74, 6) is 0.731. The van der Waals surface area contributed by atoms with E-state index in [-0.39, 0.29) is 17.7 Å². The Morgan fingerprint density at radius 3 is 2.58 bits per heavy atom. The van der Waals surface area contributed by atoms with Crippen molar-refractivity contribution in [2.45, 2.75) is 71.1 Å². The maximum Gasteiger partial charge on any atom is 0.244 e. The van der Waals surface area contributed by atoms with Crippen molar-refractivity contribution in [1.29, 1.82) is 0 Å². The molecule has 1 saturated carbocycles. The largest absolute Gasteiger partial charge is 0.380 e. The van der Waals surface area contributed by atoms with Gasteiger partial charge in [-0.25, -0.2) is 0 Å². The zero-order valence-electron chi connectivity index (χ0n) is 12.7. The van der Waals surface area contributed by atoms with Crippen molar-refractivity contribution in [1.82, 2.24) is 10.2 Å². The summed E-state index contributed by atoms with van der Waals surface area (Å²) in [7, 11) is 0. The molecule has 2 aliphatic rings. The van der Waals surface area contributed by atoms with E-state index in [2.05, 4.69) is 31.0 Å². The normalized spacial score (nSPS) is 26.5. The van der Waals surface area contributed by atoms with E-state index in [9.17, 15) is 4.79 Å². The van der Waals surface area contributed by atoms with Gasteiger partial charge in [0.15, 0.2) is 0 Å². The van der Waals surface area contributed by atoms with Gasteiger partial charge in [0.05, 0.1) is 24.4 Å². The van der Waals surface area contributed by atoms with Gasteiger partial charge in [0.2, 0.25) is 5.91 Å². The summed E-state index contributed by atoms with van der Waals surface area (Å²) in [6, 6.07) is 0.191. The molecule has 1 spiro atoms. The van der Waals surface area contributed by atoms with Gasteiger partial charge < -0.3 is 9.64 Å². The monoisotopic (exact) mass is 268 g/mol. The molecule has 19 heavy (non-hydrogen) atoms. The number of amides is 1. The van der Waals surface area contributed by atoms with Gasteiger partial charge in [-0.15, -0.1) is 0 Å². The third kappa shape index (κ3) is 2.79. The fourth-order valence-corrected chi connectivity index (χ4v) is 3.02. The molecule has 2 atom stereocenters. The van der Waals surface area contributed by atoms with E-state index in [1.807, 2.05) is 6.92 Å². The topological polar surface area (TPSA) is 41.6 Å². The number of nitrogens with one attached hydrogen (secondary N) is 1. The number of carbonyl (C=O) groups is 1. The van der Waals surface area contributed by atoms with Gasteiger partial charge in [0.25, 0.3) is 0 Å². The first kappa shape index (κ1) is 14.8. The Balaban J connectivity index is 2.14. The van der Waals surface area contributed by atoms with Crippen LogP contribution in [0.5, 0.6) is 0 Å². The van der Waals surface area contributed by atoms with Crippen LogP contribution in [0.2, 0.25) is 0 Å². The Hall–Kier alpha value is -0.610. The minimum atomic E-state index is -0.209. The summed E-state index contributed by atoms with van der Waals surface area (Å²) in [5, 5.41) is 3.57. The number of hydrogen-bond donors (Lipinski definition) is 1. The molecule has 4 nitrogen and oxygen atoms in total. The van der Waals surface area contributed by atoms with E-state index in [1.165, 1.54) is 0 Å². The van der Waals surface area contributed by atoms with Crippen LogP contribution in [0.4, 0.5) is 0 Å². The zero-order chi connectivity index (χ0) is 14.0. The molecule has 1 aliphatic heterocycles. The Kier molecular flexibility index (Phi) is 4.51. The molecular weight excluding hydrogens is 240 g/mol. The van der Waals surface area contributed by atoms with E-state index in [4.69, 9.17) is 4.74 Å². The lowest BCUT2D eigenvalue weighted by Gasteiger charge is -2.35. The van der Waals surface area contributed by atoms with E-state index in [0.29, 0.717) is 25.0 Å². The van der Waals surface area contributed by atoms with Crippen molar-refractivity contribution in [3.05, 3.63) is 0 Å². The highest BCUT2D eigenvalue weighted by Crippen LogP contribution is 2.44. The quantitative estimate of drug-likeness (QED) is 0.769. The van der Waals surface area contributed by atoms with Gasteiger partial charge in [-0.1, -0.05) is 27.2 Å². The average Bonchev–Trinajstić information content (AvgIpc) is 3.08. The molecule has 0 aromatic heterocycles. The van der Waals surface area contributed by atoms with E-state index in [1.54, 1.807) is 0 Å². The van der Waals surface area contributed by atoms with Gasteiger partial charge in [0.1, 0.15) is 0 Å². The van der Waals surface area contributed by atoms with Crippen LogP contribution in [0.1, 0.15) is 53.4 Å². The van der Waals surface area contributed by atoms with Crippen molar-refractivity contribution in [2.24, 2.45) is 5.92 Å². The first-order chi connectivity index (χ1) is 9.05. The Labute approximate surface area is 116 Å². The van der Waals surface area contributed by atoms with Crippen LogP contribution in [0.25, 0.3) is 0 Å². The molecule has 1 amide bonds. The Morgan fingerprint density at radius 2 is 2.11 bits per heavy atom. The third-order valence-electron chi connectivity index (χ3n) is 4.35. The second-order valence-electron chi connectivity index (χ2n) is 6.21. The summed E-state index contributed by atoms with van der Waals surface area (Å²) < 4.78 is 5.61. The molecule has 110 valence electrons. The Morgan fingerprint density at radius 1 is 1.42 bits per heavy atom. The highest BCUT2D eigenvalue weighted by molar-refractivity contribution is 5.92. The lowest BCUT2D eigenvalue weighted by molar-refractivity contribution is -0.135. The highest BCUT2D eigenvalue weighted by Gasteiger charge is 2.60. The number of carbonyl (C=O) groups excluding carboxylic acids is 1. The predicted molar refractivity (Wildman–Crippen MR) is 75.8 cm³/mol. The smallest absolute Gasteiger partial charge is 0.244 e. The van der Waals surface area contributed by atoms with Crippen LogP contribution in [-0.4, -0.2) is 41.8 Å². The minimum Gasteiger partial charge on any atom is -0.380 e. The van der Waals surface area contributed by atoms with Gasteiger partial charge in [-0.2, -0.15) is 0 Å². The van der Waals surface area contributed by atoms with Gasteiger partial charge in [-0.05, 0) is 32.1 Å². The number of ether oxygens (including phenoxy) is 1. The number of hydrogen-bond acceptors (Lipinski definition) is 3. The molecule has 0 radical (unpaired) electrons. The van der Waals surface area contributed by atoms with Crippen LogP contribution >= 0.6 is 0 Å². The van der Waals surface area contributed by atoms with Gasteiger partial charge in [-0.3, -0.25) is 10.1 Å². The molecule has 2 unspecified atom stereocenters. The number of nitrogens with zero attached hydrogens (tertiary/aromatic N) is 1. The summed E-state index contributed by atoms with van der Waals surface area (Å²) in [5.41, 5.74) is -0.209. The van der Waals surface area contributed by atoms with Crippen LogP contribution in [0.3, 0.4) is 0 Å². The zero-order valence-corrected chi connectivity index (χ0v) is 12.7. The van der Waals surface area contributed by atoms with Gasteiger partial charge >= 0.3 is 0 Å². The number of rotatable bonds is 7. The maximum atomic E-state index is 12.7. The fourth-order valence-electron chi connectivity index (χ4n) is 3.02. The van der Waals surface area contributed by atoms with E-state index in [0.717, 1.165) is 25.7 Å². The predicted octanol–water partition coefficient (Wildman–Crippen LogP) is 2.14. The summed E-state index contributed by atoms with van der Waals surface area (Å²) in [4.78, 5) is 14.8. The van der Waals surface area contributed by atoms with Crippen LogP contribution in [0, 0.1) is 5.92 Å². The Bertz CT molecular complexity index is 326. The minimum absolute atomic E-state index is 0.191. The molecule has 1 heterocycles. The SMILES string of the molecule is CCCC1NC2(CC2)C(=O)N1C(COCC)C(C)C. The molecule has 0 aromatic rings. The standard InChI is InChI=1S/C15H28N2O2/c1-5-7-13-16-15(8-9-15)14(18)17(13)12(11(3)4)10-19-6-2/h11-13,16H,5-10H2,1-4H3. The van der Waals surface area contributed by atoms with Crippen molar-refractivity contribution in [3.63, 3.8) is 0 Å². The maximum absolute atomic E-state index is 12.7. The molecule has 4 heteroatoms. The van der Waals surface area contributed by atoms with Crippen molar-refractivity contribution < 1.29 is 9.53 Å². The van der Waals surface area contributed by atoms with Crippen LogP contribution in [-0.2, 0) is 9.53 Å². The second kappa shape index (κ2) is 5.80. The van der Waals surface area contributed by atoms with E-state index < -0.39 is 0 Å². The van der Waals surface area contributed by atoms with Crippen LogP contribution < -0.4 is 5.32 Å². The van der Waals surface area contributed by atoms with E-state index >= 15 is 0 Å². The summed E-state index contributed by atoms with van der Waals surface area (Å²) in [6.07, 6.45) is 4.33.